The normalized spacial score (nSPS) is 12.7. The molecule has 0 aliphatic heterocycles. The molecule has 0 aliphatic carbocycles. The molecule has 5 heteroatoms. The molecule has 1 N–H and O–H groups in total. The van der Waals surface area contributed by atoms with Crippen molar-refractivity contribution >= 4 is 22.0 Å². The first-order chi connectivity index (χ1) is 8.73. The Hall–Kier alpha value is -1.23. The Morgan fingerprint density at radius 1 is 1.37 bits per heavy atom. The van der Waals surface area contributed by atoms with E-state index in [0.717, 1.165) is 15.8 Å². The summed E-state index contributed by atoms with van der Waals surface area (Å²) in [5.74, 6) is 0.764. The Labute approximate surface area is 122 Å². The van der Waals surface area contributed by atoms with Gasteiger partial charge in [0.2, 0.25) is 0 Å². The summed E-state index contributed by atoms with van der Waals surface area (Å²) < 4.78 is 11.2. The van der Waals surface area contributed by atoms with Crippen molar-refractivity contribution < 1.29 is 14.3 Å². The van der Waals surface area contributed by atoms with Gasteiger partial charge in [0.1, 0.15) is 11.4 Å². The van der Waals surface area contributed by atoms with Crippen molar-refractivity contribution in [3.8, 4) is 5.75 Å². The van der Waals surface area contributed by atoms with Gasteiger partial charge in [-0.15, -0.1) is 0 Å². The maximum atomic E-state index is 11.7. The summed E-state index contributed by atoms with van der Waals surface area (Å²) >= 11 is 3.47. The largest absolute Gasteiger partial charge is 0.497 e. The van der Waals surface area contributed by atoms with E-state index in [9.17, 15) is 4.79 Å². The van der Waals surface area contributed by atoms with Crippen molar-refractivity contribution in [2.45, 2.75) is 39.3 Å². The van der Waals surface area contributed by atoms with Gasteiger partial charge in [0.15, 0.2) is 0 Å². The highest BCUT2D eigenvalue weighted by molar-refractivity contribution is 9.10. The highest BCUT2D eigenvalue weighted by Gasteiger charge is 2.19. The van der Waals surface area contributed by atoms with Gasteiger partial charge in [0.25, 0.3) is 0 Å². The van der Waals surface area contributed by atoms with Crippen LogP contribution >= 0.6 is 15.9 Å². The summed E-state index contributed by atoms with van der Waals surface area (Å²) in [5.41, 5.74) is 0.465. The Morgan fingerprint density at radius 2 is 2.00 bits per heavy atom. The van der Waals surface area contributed by atoms with Gasteiger partial charge in [-0.2, -0.15) is 0 Å². The molecule has 1 atom stereocenters. The first kappa shape index (κ1) is 15.8. The van der Waals surface area contributed by atoms with Crippen LogP contribution in [0, 0.1) is 0 Å². The molecule has 106 valence electrons. The molecule has 0 heterocycles. The van der Waals surface area contributed by atoms with E-state index in [1.54, 1.807) is 7.11 Å². The first-order valence-electron chi connectivity index (χ1n) is 6.06. The number of halogens is 1. The Balaban J connectivity index is 2.73. The maximum Gasteiger partial charge on any atom is 0.408 e. The minimum Gasteiger partial charge on any atom is -0.497 e. The molecule has 1 aromatic carbocycles. The fraction of sp³-hybridized carbons (Fsp3) is 0.500. The summed E-state index contributed by atoms with van der Waals surface area (Å²) in [7, 11) is 1.61. The van der Waals surface area contributed by atoms with E-state index in [1.807, 2.05) is 45.9 Å². The van der Waals surface area contributed by atoms with Crippen LogP contribution in [0.4, 0.5) is 4.79 Å². The number of amides is 1. The second-order valence-corrected chi connectivity index (χ2v) is 6.11. The minimum atomic E-state index is -0.499. The van der Waals surface area contributed by atoms with Crippen molar-refractivity contribution in [1.29, 1.82) is 0 Å². The molecule has 0 aromatic heterocycles. The van der Waals surface area contributed by atoms with Crippen LogP contribution in [0.2, 0.25) is 0 Å². The molecule has 1 amide bonds. The summed E-state index contributed by atoms with van der Waals surface area (Å²) in [5, 5.41) is 2.80. The molecule has 0 aliphatic rings. The molecular formula is C14H20BrNO3. The van der Waals surface area contributed by atoms with E-state index < -0.39 is 11.7 Å². The lowest BCUT2D eigenvalue weighted by Gasteiger charge is -2.22. The third-order valence-corrected chi connectivity index (χ3v) is 3.09. The number of carbonyl (C=O) groups excluding carboxylic acids is 1. The molecule has 0 bridgehead atoms. The van der Waals surface area contributed by atoms with Gasteiger partial charge in [-0.3, -0.25) is 0 Å². The van der Waals surface area contributed by atoms with E-state index in [1.165, 1.54) is 0 Å². The van der Waals surface area contributed by atoms with Crippen LogP contribution in [0.25, 0.3) is 0 Å². The summed E-state index contributed by atoms with van der Waals surface area (Å²) in [4.78, 5) is 11.7. The molecule has 4 nitrogen and oxygen atoms in total. The second-order valence-electron chi connectivity index (χ2n) is 5.26. The van der Waals surface area contributed by atoms with Crippen molar-refractivity contribution in [1.82, 2.24) is 5.32 Å². The number of nitrogens with one attached hydrogen (secondary N) is 1. The molecule has 0 radical (unpaired) electrons. The minimum absolute atomic E-state index is 0.157. The van der Waals surface area contributed by atoms with Gasteiger partial charge in [-0.25, -0.2) is 4.79 Å². The number of carbonyl (C=O) groups is 1. The zero-order valence-electron chi connectivity index (χ0n) is 11.9. The second kappa shape index (κ2) is 6.28. The van der Waals surface area contributed by atoms with E-state index in [0.29, 0.717) is 0 Å². The monoisotopic (exact) mass is 329 g/mol. The van der Waals surface area contributed by atoms with Crippen molar-refractivity contribution in [3.63, 3.8) is 0 Å². The quantitative estimate of drug-likeness (QED) is 0.910. The predicted octanol–water partition coefficient (Wildman–Crippen LogP) is 4.04. The highest BCUT2D eigenvalue weighted by Crippen LogP contribution is 2.27. The number of alkyl carbamates (subject to hydrolysis) is 1. The van der Waals surface area contributed by atoms with E-state index in [2.05, 4.69) is 21.2 Å². The molecular weight excluding hydrogens is 310 g/mol. The van der Waals surface area contributed by atoms with Crippen molar-refractivity contribution in [2.24, 2.45) is 0 Å². The molecule has 0 saturated carbocycles. The van der Waals surface area contributed by atoms with E-state index in [-0.39, 0.29) is 6.04 Å². The summed E-state index contributed by atoms with van der Waals surface area (Å²) in [6.07, 6.45) is -0.428. The molecule has 0 spiro atoms. The van der Waals surface area contributed by atoms with E-state index >= 15 is 0 Å². The van der Waals surface area contributed by atoms with Gasteiger partial charge in [-0.1, -0.05) is 22.0 Å². The van der Waals surface area contributed by atoms with Gasteiger partial charge < -0.3 is 14.8 Å². The zero-order chi connectivity index (χ0) is 14.6. The Bertz CT molecular complexity index is 454. The topological polar surface area (TPSA) is 47.6 Å². The van der Waals surface area contributed by atoms with Crippen molar-refractivity contribution in [2.75, 3.05) is 7.11 Å². The van der Waals surface area contributed by atoms with Gasteiger partial charge >= 0.3 is 6.09 Å². The standard InChI is InChI=1S/C14H20BrNO3/c1-9(16-13(17)19-14(2,3)4)11-7-6-10(18-5)8-12(11)15/h6-9H,1-5H3,(H,16,17). The SMILES string of the molecule is COc1ccc(C(C)NC(=O)OC(C)(C)C)c(Br)c1. The first-order valence-corrected chi connectivity index (χ1v) is 6.85. The average molecular weight is 330 g/mol. The Morgan fingerprint density at radius 3 is 2.47 bits per heavy atom. The van der Waals surface area contributed by atoms with Crippen molar-refractivity contribution in [3.05, 3.63) is 28.2 Å². The fourth-order valence-corrected chi connectivity index (χ4v) is 2.25. The van der Waals surface area contributed by atoms with E-state index in [4.69, 9.17) is 9.47 Å². The molecule has 0 saturated heterocycles. The number of rotatable bonds is 3. The third kappa shape index (κ3) is 5.11. The fourth-order valence-electron chi connectivity index (χ4n) is 1.55. The summed E-state index contributed by atoms with van der Waals surface area (Å²) in [6, 6.07) is 5.47. The number of benzene rings is 1. The lowest BCUT2D eigenvalue weighted by Crippen LogP contribution is -2.34. The zero-order valence-corrected chi connectivity index (χ0v) is 13.5. The average Bonchev–Trinajstić information content (AvgIpc) is 2.25. The molecule has 1 rings (SSSR count). The molecule has 19 heavy (non-hydrogen) atoms. The smallest absolute Gasteiger partial charge is 0.408 e. The van der Waals surface area contributed by atoms with Gasteiger partial charge in [0, 0.05) is 4.47 Å². The number of ether oxygens (including phenoxy) is 2. The van der Waals surface area contributed by atoms with Crippen LogP contribution in [-0.2, 0) is 4.74 Å². The third-order valence-electron chi connectivity index (χ3n) is 2.41. The Kier molecular flexibility index (Phi) is 5.23. The lowest BCUT2D eigenvalue weighted by molar-refractivity contribution is 0.0508. The predicted molar refractivity (Wildman–Crippen MR) is 78.5 cm³/mol. The maximum absolute atomic E-state index is 11.7. The van der Waals surface area contributed by atoms with Crippen LogP contribution in [0.5, 0.6) is 5.75 Å². The van der Waals surface area contributed by atoms with Crippen LogP contribution in [0.1, 0.15) is 39.3 Å². The lowest BCUT2D eigenvalue weighted by atomic mass is 10.1. The van der Waals surface area contributed by atoms with Crippen LogP contribution in [0.15, 0.2) is 22.7 Å². The molecule has 1 aromatic rings. The number of methoxy groups -OCH3 is 1. The number of hydrogen-bond acceptors (Lipinski definition) is 3. The molecule has 1 unspecified atom stereocenters. The van der Waals surface area contributed by atoms with Gasteiger partial charge in [-0.05, 0) is 45.4 Å². The number of hydrogen-bond donors (Lipinski definition) is 1. The van der Waals surface area contributed by atoms with Crippen LogP contribution in [-0.4, -0.2) is 18.8 Å². The highest BCUT2D eigenvalue weighted by atomic mass is 79.9. The van der Waals surface area contributed by atoms with Gasteiger partial charge in [0.05, 0.1) is 13.2 Å². The van der Waals surface area contributed by atoms with Crippen LogP contribution < -0.4 is 10.1 Å². The summed E-state index contributed by atoms with van der Waals surface area (Å²) in [6.45, 7) is 7.40. The van der Waals surface area contributed by atoms with Crippen LogP contribution in [0.3, 0.4) is 0 Å². The molecule has 0 fully saturated rings.